The summed E-state index contributed by atoms with van der Waals surface area (Å²) in [6.45, 7) is 0.487. The van der Waals surface area contributed by atoms with Gasteiger partial charge in [-0.2, -0.15) is 0 Å². The van der Waals surface area contributed by atoms with E-state index in [1.165, 1.54) is 0 Å². The minimum Gasteiger partial charge on any atom is -0.457 e. The molecule has 5 nitrogen and oxygen atoms in total. The van der Waals surface area contributed by atoms with Gasteiger partial charge in [-0.15, -0.1) is 0 Å². The van der Waals surface area contributed by atoms with Gasteiger partial charge in [0.15, 0.2) is 0 Å². The van der Waals surface area contributed by atoms with E-state index in [0.717, 1.165) is 5.56 Å². The standard InChI is InChI=1S/C22H19ClN2O3/c1-25(14-15-2-8-18(23)9-3-15)22(27)17-6-12-20(13-7-17)28-19-10-4-16(5-11-19)21(24)26/h2-13H,14H2,1H3,(H2,24,26). The number of ether oxygens (including phenoxy) is 1. The van der Waals surface area contributed by atoms with Crippen molar-refractivity contribution in [2.45, 2.75) is 6.54 Å². The summed E-state index contributed by atoms with van der Waals surface area (Å²) < 4.78 is 5.73. The monoisotopic (exact) mass is 394 g/mol. The third-order valence-electron chi connectivity index (χ3n) is 4.16. The van der Waals surface area contributed by atoms with Crippen LogP contribution in [0.4, 0.5) is 0 Å². The van der Waals surface area contributed by atoms with Crippen molar-refractivity contribution in [2.24, 2.45) is 5.73 Å². The summed E-state index contributed by atoms with van der Waals surface area (Å²) in [5.74, 6) is 0.581. The van der Waals surface area contributed by atoms with Crippen LogP contribution in [0.2, 0.25) is 5.02 Å². The highest BCUT2D eigenvalue weighted by atomic mass is 35.5. The molecule has 142 valence electrons. The number of nitrogens with two attached hydrogens (primary N) is 1. The molecule has 0 saturated carbocycles. The molecule has 3 rings (SSSR count). The van der Waals surface area contributed by atoms with Crippen molar-refractivity contribution < 1.29 is 14.3 Å². The Kier molecular flexibility index (Phi) is 5.96. The first-order valence-electron chi connectivity index (χ1n) is 8.60. The van der Waals surface area contributed by atoms with Crippen LogP contribution in [-0.2, 0) is 6.54 Å². The van der Waals surface area contributed by atoms with Gasteiger partial charge in [0.05, 0.1) is 0 Å². The second-order valence-corrected chi connectivity index (χ2v) is 6.74. The van der Waals surface area contributed by atoms with E-state index >= 15 is 0 Å². The Balaban J connectivity index is 1.63. The van der Waals surface area contributed by atoms with Crippen LogP contribution in [0.25, 0.3) is 0 Å². The lowest BCUT2D eigenvalue weighted by atomic mass is 10.1. The number of carbonyl (C=O) groups excluding carboxylic acids is 2. The lowest BCUT2D eigenvalue weighted by molar-refractivity contribution is 0.0785. The molecule has 0 aliphatic heterocycles. The van der Waals surface area contributed by atoms with Gasteiger partial charge in [-0.25, -0.2) is 0 Å². The normalized spacial score (nSPS) is 10.4. The summed E-state index contributed by atoms with van der Waals surface area (Å²) in [6.07, 6.45) is 0. The van der Waals surface area contributed by atoms with Crippen LogP contribution < -0.4 is 10.5 Å². The molecule has 28 heavy (non-hydrogen) atoms. The van der Waals surface area contributed by atoms with Crippen LogP contribution in [0.5, 0.6) is 11.5 Å². The van der Waals surface area contributed by atoms with Gasteiger partial charge < -0.3 is 15.4 Å². The SMILES string of the molecule is CN(Cc1ccc(Cl)cc1)C(=O)c1ccc(Oc2ccc(C(N)=O)cc2)cc1. The number of carbonyl (C=O) groups is 2. The van der Waals surface area contributed by atoms with Crippen LogP contribution in [0.1, 0.15) is 26.3 Å². The van der Waals surface area contributed by atoms with E-state index in [1.54, 1.807) is 72.6 Å². The zero-order valence-corrected chi connectivity index (χ0v) is 16.0. The average Bonchev–Trinajstić information content (AvgIpc) is 2.70. The van der Waals surface area contributed by atoms with E-state index in [0.29, 0.717) is 34.2 Å². The largest absolute Gasteiger partial charge is 0.457 e. The Morgan fingerprint density at radius 1 is 0.857 bits per heavy atom. The maximum absolute atomic E-state index is 12.6. The van der Waals surface area contributed by atoms with E-state index < -0.39 is 5.91 Å². The van der Waals surface area contributed by atoms with Crippen molar-refractivity contribution in [3.05, 3.63) is 94.5 Å². The Morgan fingerprint density at radius 3 is 1.86 bits per heavy atom. The van der Waals surface area contributed by atoms with Crippen molar-refractivity contribution in [1.82, 2.24) is 4.90 Å². The maximum Gasteiger partial charge on any atom is 0.253 e. The van der Waals surface area contributed by atoms with Crippen LogP contribution in [0.15, 0.2) is 72.8 Å². The molecule has 0 unspecified atom stereocenters. The first-order valence-corrected chi connectivity index (χ1v) is 8.98. The fourth-order valence-electron chi connectivity index (χ4n) is 2.64. The number of nitrogens with zero attached hydrogens (tertiary/aromatic N) is 1. The number of benzene rings is 3. The molecule has 0 radical (unpaired) electrons. The second kappa shape index (κ2) is 8.59. The van der Waals surface area contributed by atoms with Crippen molar-refractivity contribution in [3.63, 3.8) is 0 Å². The van der Waals surface area contributed by atoms with E-state index in [2.05, 4.69) is 0 Å². The van der Waals surface area contributed by atoms with E-state index in [-0.39, 0.29) is 5.91 Å². The molecule has 0 aromatic heterocycles. The minimum atomic E-state index is -0.489. The van der Waals surface area contributed by atoms with Crippen LogP contribution >= 0.6 is 11.6 Å². The average molecular weight is 395 g/mol. The van der Waals surface area contributed by atoms with Crippen molar-refractivity contribution in [3.8, 4) is 11.5 Å². The zero-order valence-electron chi connectivity index (χ0n) is 15.3. The summed E-state index contributed by atoms with van der Waals surface area (Å²) in [5, 5.41) is 0.664. The molecule has 0 saturated heterocycles. The van der Waals surface area contributed by atoms with Gasteiger partial charge in [0.2, 0.25) is 5.91 Å². The first kappa shape index (κ1) is 19.5. The summed E-state index contributed by atoms with van der Waals surface area (Å²) in [7, 11) is 1.75. The van der Waals surface area contributed by atoms with Gasteiger partial charge in [-0.3, -0.25) is 9.59 Å². The smallest absolute Gasteiger partial charge is 0.253 e. The molecule has 2 N–H and O–H groups in total. The number of rotatable bonds is 6. The Hall–Kier alpha value is -3.31. The summed E-state index contributed by atoms with van der Waals surface area (Å²) in [6, 6.07) is 20.8. The quantitative estimate of drug-likeness (QED) is 0.668. The van der Waals surface area contributed by atoms with Crippen molar-refractivity contribution in [2.75, 3.05) is 7.05 Å². The highest BCUT2D eigenvalue weighted by Crippen LogP contribution is 2.22. The predicted octanol–water partition coefficient (Wildman–Crippen LogP) is 4.50. The number of hydrogen-bond donors (Lipinski definition) is 1. The fourth-order valence-corrected chi connectivity index (χ4v) is 2.77. The van der Waals surface area contributed by atoms with Gasteiger partial charge in [0, 0.05) is 29.7 Å². The van der Waals surface area contributed by atoms with Crippen LogP contribution in [0.3, 0.4) is 0 Å². The minimum absolute atomic E-state index is 0.0905. The molecule has 0 aliphatic rings. The third-order valence-corrected chi connectivity index (χ3v) is 4.41. The Morgan fingerprint density at radius 2 is 1.36 bits per heavy atom. The number of amides is 2. The zero-order chi connectivity index (χ0) is 20.1. The fraction of sp³-hybridized carbons (Fsp3) is 0.0909. The molecule has 3 aromatic rings. The number of halogens is 1. The van der Waals surface area contributed by atoms with E-state index in [1.807, 2.05) is 12.1 Å². The van der Waals surface area contributed by atoms with Gasteiger partial charge in [0.25, 0.3) is 5.91 Å². The lowest BCUT2D eigenvalue weighted by Gasteiger charge is -2.17. The third kappa shape index (κ3) is 4.90. The molecular formula is C22H19ClN2O3. The molecule has 0 atom stereocenters. The van der Waals surface area contributed by atoms with Crippen molar-refractivity contribution in [1.29, 1.82) is 0 Å². The number of primary amides is 1. The maximum atomic E-state index is 12.6. The molecule has 0 spiro atoms. The predicted molar refractivity (Wildman–Crippen MR) is 109 cm³/mol. The first-order chi connectivity index (χ1) is 13.4. The van der Waals surface area contributed by atoms with Gasteiger partial charge in [-0.05, 0) is 66.2 Å². The molecule has 6 heteroatoms. The van der Waals surface area contributed by atoms with Crippen molar-refractivity contribution >= 4 is 23.4 Å². The van der Waals surface area contributed by atoms with Gasteiger partial charge >= 0.3 is 0 Å². The van der Waals surface area contributed by atoms with Crippen LogP contribution in [-0.4, -0.2) is 23.8 Å². The topological polar surface area (TPSA) is 72.6 Å². The molecule has 0 heterocycles. The Bertz CT molecular complexity index is 968. The molecule has 3 aromatic carbocycles. The Labute approximate surface area is 168 Å². The molecule has 0 bridgehead atoms. The van der Waals surface area contributed by atoms with E-state index in [9.17, 15) is 9.59 Å². The van der Waals surface area contributed by atoms with Crippen LogP contribution in [0, 0.1) is 0 Å². The molecular weight excluding hydrogens is 376 g/mol. The lowest BCUT2D eigenvalue weighted by Crippen LogP contribution is -2.26. The number of hydrogen-bond acceptors (Lipinski definition) is 3. The highest BCUT2D eigenvalue weighted by molar-refractivity contribution is 6.30. The second-order valence-electron chi connectivity index (χ2n) is 6.30. The van der Waals surface area contributed by atoms with E-state index in [4.69, 9.17) is 22.1 Å². The highest BCUT2D eigenvalue weighted by Gasteiger charge is 2.12. The molecule has 0 fully saturated rings. The summed E-state index contributed by atoms with van der Waals surface area (Å²) in [5.41, 5.74) is 7.20. The summed E-state index contributed by atoms with van der Waals surface area (Å²) in [4.78, 5) is 25.3. The molecule has 2 amide bonds. The molecule has 0 aliphatic carbocycles. The van der Waals surface area contributed by atoms with Gasteiger partial charge in [-0.1, -0.05) is 23.7 Å². The summed E-state index contributed by atoms with van der Waals surface area (Å²) >= 11 is 5.89. The van der Waals surface area contributed by atoms with Gasteiger partial charge in [0.1, 0.15) is 11.5 Å².